The third-order valence-electron chi connectivity index (χ3n) is 3.67. The first-order valence-electron chi connectivity index (χ1n) is 7.22. The van der Waals surface area contributed by atoms with E-state index in [4.69, 9.17) is 11.6 Å². The van der Waals surface area contributed by atoms with Crippen LogP contribution in [-0.4, -0.2) is 23.2 Å². The number of benzene rings is 1. The number of aliphatic hydroxyl groups is 1. The van der Waals surface area contributed by atoms with Crippen molar-refractivity contribution in [1.82, 2.24) is 10.3 Å². The lowest BCUT2D eigenvalue weighted by molar-refractivity contribution is 0.272. The molecule has 112 valence electrons. The Bertz CT molecular complexity index is 547. The van der Waals surface area contributed by atoms with Crippen molar-refractivity contribution in [2.24, 2.45) is 0 Å². The minimum atomic E-state index is 0.121. The van der Waals surface area contributed by atoms with Gasteiger partial charge in [0.15, 0.2) is 0 Å². The summed E-state index contributed by atoms with van der Waals surface area (Å²) >= 11 is 6.12. The number of nitrogens with zero attached hydrogens (tertiary/aromatic N) is 1. The van der Waals surface area contributed by atoms with Gasteiger partial charge in [-0.3, -0.25) is 0 Å². The molecule has 0 aliphatic carbocycles. The van der Waals surface area contributed by atoms with Gasteiger partial charge in [0.05, 0.1) is 0 Å². The predicted octanol–water partition coefficient (Wildman–Crippen LogP) is 3.55. The van der Waals surface area contributed by atoms with E-state index in [1.54, 1.807) is 6.20 Å². The Kier molecular flexibility index (Phi) is 6.18. The second kappa shape index (κ2) is 8.13. The SMILES string of the molecule is CC(NCC(CCO)c1ccccc1)c1cccnc1Cl. The third kappa shape index (κ3) is 4.53. The zero-order valence-electron chi connectivity index (χ0n) is 12.2. The molecule has 4 heteroatoms. The summed E-state index contributed by atoms with van der Waals surface area (Å²) < 4.78 is 0. The van der Waals surface area contributed by atoms with Crippen LogP contribution in [0.25, 0.3) is 0 Å². The highest BCUT2D eigenvalue weighted by atomic mass is 35.5. The molecule has 3 nitrogen and oxygen atoms in total. The van der Waals surface area contributed by atoms with E-state index in [2.05, 4.69) is 29.4 Å². The Labute approximate surface area is 131 Å². The van der Waals surface area contributed by atoms with Gasteiger partial charge in [-0.1, -0.05) is 48.0 Å². The van der Waals surface area contributed by atoms with E-state index in [9.17, 15) is 5.11 Å². The van der Waals surface area contributed by atoms with Gasteiger partial charge in [0.2, 0.25) is 0 Å². The van der Waals surface area contributed by atoms with Crippen molar-refractivity contribution in [3.8, 4) is 0 Å². The fraction of sp³-hybridized carbons (Fsp3) is 0.353. The van der Waals surface area contributed by atoms with Gasteiger partial charge in [0, 0.05) is 31.0 Å². The summed E-state index contributed by atoms with van der Waals surface area (Å²) in [4.78, 5) is 4.11. The fourth-order valence-electron chi connectivity index (χ4n) is 2.42. The van der Waals surface area contributed by atoms with Gasteiger partial charge in [-0.25, -0.2) is 4.98 Å². The second-order valence-corrected chi connectivity index (χ2v) is 5.49. The highest BCUT2D eigenvalue weighted by molar-refractivity contribution is 6.30. The summed E-state index contributed by atoms with van der Waals surface area (Å²) in [6, 6.07) is 14.3. The Morgan fingerprint density at radius 3 is 2.62 bits per heavy atom. The first-order valence-corrected chi connectivity index (χ1v) is 7.59. The Hall–Kier alpha value is -1.42. The third-order valence-corrected chi connectivity index (χ3v) is 3.99. The van der Waals surface area contributed by atoms with Crippen molar-refractivity contribution >= 4 is 11.6 Å². The number of hydrogen-bond acceptors (Lipinski definition) is 3. The van der Waals surface area contributed by atoms with Gasteiger partial charge in [-0.2, -0.15) is 0 Å². The minimum absolute atomic E-state index is 0.121. The fourth-order valence-corrected chi connectivity index (χ4v) is 2.70. The van der Waals surface area contributed by atoms with Crippen molar-refractivity contribution in [2.75, 3.05) is 13.2 Å². The Balaban J connectivity index is 2.00. The number of rotatable bonds is 7. The summed E-state index contributed by atoms with van der Waals surface area (Å²) in [6.45, 7) is 3.05. The van der Waals surface area contributed by atoms with Gasteiger partial charge in [-0.05, 0) is 30.9 Å². The zero-order chi connectivity index (χ0) is 15.1. The molecule has 21 heavy (non-hydrogen) atoms. The lowest BCUT2D eigenvalue weighted by Crippen LogP contribution is -2.25. The monoisotopic (exact) mass is 304 g/mol. The maximum atomic E-state index is 9.27. The molecule has 0 radical (unpaired) electrons. The molecule has 2 N–H and O–H groups in total. The van der Waals surface area contributed by atoms with Crippen molar-refractivity contribution in [2.45, 2.75) is 25.3 Å². The Morgan fingerprint density at radius 2 is 1.95 bits per heavy atom. The van der Waals surface area contributed by atoms with E-state index in [0.717, 1.165) is 18.5 Å². The predicted molar refractivity (Wildman–Crippen MR) is 86.6 cm³/mol. The zero-order valence-corrected chi connectivity index (χ0v) is 12.9. The van der Waals surface area contributed by atoms with E-state index in [-0.39, 0.29) is 18.6 Å². The van der Waals surface area contributed by atoms with Crippen LogP contribution in [0.2, 0.25) is 5.15 Å². The number of hydrogen-bond donors (Lipinski definition) is 2. The van der Waals surface area contributed by atoms with Gasteiger partial charge in [0.25, 0.3) is 0 Å². The van der Waals surface area contributed by atoms with Crippen LogP contribution in [0.3, 0.4) is 0 Å². The first kappa shape index (κ1) is 16.0. The molecule has 0 saturated heterocycles. The summed E-state index contributed by atoms with van der Waals surface area (Å²) in [5.41, 5.74) is 2.23. The van der Waals surface area contributed by atoms with Crippen molar-refractivity contribution in [3.63, 3.8) is 0 Å². The number of nitrogens with one attached hydrogen (secondary N) is 1. The molecule has 0 amide bonds. The average molecular weight is 305 g/mol. The highest BCUT2D eigenvalue weighted by Gasteiger charge is 2.14. The van der Waals surface area contributed by atoms with Crippen molar-refractivity contribution in [3.05, 3.63) is 64.9 Å². The van der Waals surface area contributed by atoms with Crippen LogP contribution >= 0.6 is 11.6 Å². The maximum absolute atomic E-state index is 9.27. The number of pyridine rings is 1. The number of aliphatic hydroxyl groups excluding tert-OH is 1. The van der Waals surface area contributed by atoms with Crippen LogP contribution < -0.4 is 5.32 Å². The van der Waals surface area contributed by atoms with Crippen LogP contribution in [0.4, 0.5) is 0 Å². The topological polar surface area (TPSA) is 45.1 Å². The first-order chi connectivity index (χ1) is 10.2. The number of aromatic nitrogens is 1. The van der Waals surface area contributed by atoms with Gasteiger partial charge in [0.1, 0.15) is 5.15 Å². The minimum Gasteiger partial charge on any atom is -0.396 e. The molecule has 2 atom stereocenters. The molecule has 0 spiro atoms. The van der Waals surface area contributed by atoms with E-state index in [1.165, 1.54) is 5.56 Å². The molecular weight excluding hydrogens is 284 g/mol. The molecule has 1 aromatic heterocycles. The Morgan fingerprint density at radius 1 is 1.19 bits per heavy atom. The molecule has 0 aliphatic heterocycles. The van der Waals surface area contributed by atoms with Gasteiger partial charge in [-0.15, -0.1) is 0 Å². The normalized spacial score (nSPS) is 13.9. The molecule has 0 bridgehead atoms. The van der Waals surface area contributed by atoms with E-state index in [1.807, 2.05) is 30.3 Å². The largest absolute Gasteiger partial charge is 0.396 e. The summed E-state index contributed by atoms with van der Waals surface area (Å²) in [6.07, 6.45) is 2.43. The molecule has 2 rings (SSSR count). The van der Waals surface area contributed by atoms with E-state index in [0.29, 0.717) is 5.15 Å². The molecule has 2 unspecified atom stereocenters. The summed E-state index contributed by atoms with van der Waals surface area (Å²) in [5.74, 6) is 0.286. The molecule has 2 aromatic rings. The quantitative estimate of drug-likeness (QED) is 0.769. The van der Waals surface area contributed by atoms with Gasteiger partial charge < -0.3 is 10.4 Å². The van der Waals surface area contributed by atoms with Crippen LogP contribution in [0.5, 0.6) is 0 Å². The summed E-state index contributed by atoms with van der Waals surface area (Å²) in [7, 11) is 0. The average Bonchev–Trinajstić information content (AvgIpc) is 2.52. The van der Waals surface area contributed by atoms with Crippen LogP contribution in [0.15, 0.2) is 48.7 Å². The lowest BCUT2D eigenvalue weighted by Gasteiger charge is -2.21. The lowest BCUT2D eigenvalue weighted by atomic mass is 9.95. The second-order valence-electron chi connectivity index (χ2n) is 5.13. The molecular formula is C17H21ClN2O. The highest BCUT2D eigenvalue weighted by Crippen LogP contribution is 2.23. The van der Waals surface area contributed by atoms with Crippen LogP contribution in [-0.2, 0) is 0 Å². The number of halogens is 1. The van der Waals surface area contributed by atoms with E-state index >= 15 is 0 Å². The molecule has 0 aliphatic rings. The standard InChI is InChI=1S/C17H21ClN2O/c1-13(16-8-5-10-19-17(16)18)20-12-15(9-11-21)14-6-3-2-4-7-14/h2-8,10,13,15,20-21H,9,11-12H2,1H3. The van der Waals surface area contributed by atoms with Crippen LogP contribution in [0.1, 0.15) is 36.4 Å². The maximum Gasteiger partial charge on any atom is 0.133 e. The van der Waals surface area contributed by atoms with Crippen LogP contribution in [0, 0.1) is 0 Å². The molecule has 1 aromatic carbocycles. The van der Waals surface area contributed by atoms with Crippen molar-refractivity contribution in [1.29, 1.82) is 0 Å². The molecule has 1 heterocycles. The van der Waals surface area contributed by atoms with Gasteiger partial charge >= 0.3 is 0 Å². The molecule has 0 fully saturated rings. The molecule has 0 saturated carbocycles. The van der Waals surface area contributed by atoms with E-state index < -0.39 is 0 Å². The van der Waals surface area contributed by atoms with Crippen molar-refractivity contribution < 1.29 is 5.11 Å². The summed E-state index contributed by atoms with van der Waals surface area (Å²) in [5, 5.41) is 13.3. The smallest absolute Gasteiger partial charge is 0.133 e.